The normalized spacial score (nSPS) is 18.9. The number of amides is 1. The first-order chi connectivity index (χ1) is 14.8. The van der Waals surface area contributed by atoms with Crippen molar-refractivity contribution in [1.82, 2.24) is 9.88 Å². The Bertz CT molecular complexity index is 1060. The number of ether oxygens (including phenoxy) is 1. The Labute approximate surface area is 180 Å². The minimum absolute atomic E-state index is 0.0971. The topological polar surface area (TPSA) is 62.7 Å². The first-order valence-corrected chi connectivity index (χ1v) is 10.4. The first-order valence-electron chi connectivity index (χ1n) is 9.52. The summed E-state index contributed by atoms with van der Waals surface area (Å²) in [5, 5.41) is 12.5. The van der Waals surface area contributed by atoms with Crippen LogP contribution < -0.4 is 4.74 Å². The second-order valence-corrected chi connectivity index (χ2v) is 8.11. The lowest BCUT2D eigenvalue weighted by molar-refractivity contribution is -0.137. The number of alkyl halides is 3. The highest BCUT2D eigenvalue weighted by Gasteiger charge is 2.37. The maximum atomic E-state index is 13.1. The molecule has 0 aliphatic carbocycles. The van der Waals surface area contributed by atoms with Crippen LogP contribution in [-0.2, 0) is 6.18 Å². The van der Waals surface area contributed by atoms with Crippen molar-refractivity contribution in [3.05, 3.63) is 70.7 Å². The SMILES string of the molecule is COc1ccc(-c2nc(C(=O)N3C[C@H](O)C[C@@H]3c3ccc(C(F)(F)F)cc3)cs2)cc1. The second kappa shape index (κ2) is 8.32. The molecule has 2 heterocycles. The number of β-amino-alcohol motifs (C(OH)–C–C–N with tert-alkyl or cyclic N) is 1. The van der Waals surface area contributed by atoms with E-state index in [0.29, 0.717) is 16.3 Å². The molecule has 0 radical (unpaired) electrons. The molecule has 0 bridgehead atoms. The lowest BCUT2D eigenvalue weighted by Gasteiger charge is -2.24. The van der Waals surface area contributed by atoms with Crippen LogP contribution in [0.5, 0.6) is 5.75 Å². The van der Waals surface area contributed by atoms with Crippen molar-refractivity contribution in [2.45, 2.75) is 24.7 Å². The van der Waals surface area contributed by atoms with Crippen LogP contribution in [0.25, 0.3) is 10.6 Å². The fourth-order valence-electron chi connectivity index (χ4n) is 3.63. The van der Waals surface area contributed by atoms with E-state index in [1.54, 1.807) is 24.6 Å². The minimum Gasteiger partial charge on any atom is -0.497 e. The van der Waals surface area contributed by atoms with Gasteiger partial charge in [-0.05, 0) is 48.4 Å². The van der Waals surface area contributed by atoms with Crippen molar-refractivity contribution in [1.29, 1.82) is 0 Å². The van der Waals surface area contributed by atoms with Gasteiger partial charge in [0.05, 0.1) is 24.8 Å². The smallest absolute Gasteiger partial charge is 0.416 e. The number of aromatic nitrogens is 1. The van der Waals surface area contributed by atoms with Gasteiger partial charge < -0.3 is 14.7 Å². The van der Waals surface area contributed by atoms with Crippen LogP contribution in [0.4, 0.5) is 13.2 Å². The van der Waals surface area contributed by atoms with Gasteiger partial charge in [-0.1, -0.05) is 12.1 Å². The minimum atomic E-state index is -4.43. The van der Waals surface area contributed by atoms with Gasteiger partial charge in [0.1, 0.15) is 16.5 Å². The van der Waals surface area contributed by atoms with Crippen molar-refractivity contribution in [3.63, 3.8) is 0 Å². The number of nitrogens with zero attached hydrogens (tertiary/aromatic N) is 2. The third kappa shape index (κ3) is 4.42. The summed E-state index contributed by atoms with van der Waals surface area (Å²) < 4.78 is 43.7. The van der Waals surface area contributed by atoms with Crippen LogP contribution >= 0.6 is 11.3 Å². The molecule has 1 aliphatic rings. The summed E-state index contributed by atoms with van der Waals surface area (Å²) in [5.41, 5.74) is 0.868. The van der Waals surface area contributed by atoms with Crippen molar-refractivity contribution in [2.24, 2.45) is 0 Å². The summed E-state index contributed by atoms with van der Waals surface area (Å²) in [5.74, 6) is 0.347. The van der Waals surface area contributed by atoms with E-state index < -0.39 is 23.9 Å². The molecule has 31 heavy (non-hydrogen) atoms. The summed E-state index contributed by atoms with van der Waals surface area (Å²) in [6, 6.07) is 11.5. The summed E-state index contributed by atoms with van der Waals surface area (Å²) >= 11 is 1.32. The van der Waals surface area contributed by atoms with Gasteiger partial charge in [-0.3, -0.25) is 4.79 Å². The molecular formula is C22H19F3N2O3S. The number of aliphatic hydroxyl groups excluding tert-OH is 1. The van der Waals surface area contributed by atoms with E-state index in [0.717, 1.165) is 17.7 Å². The highest BCUT2D eigenvalue weighted by molar-refractivity contribution is 7.13. The third-order valence-corrected chi connectivity index (χ3v) is 6.11. The van der Waals surface area contributed by atoms with Crippen molar-refractivity contribution < 1.29 is 27.8 Å². The summed E-state index contributed by atoms with van der Waals surface area (Å²) in [6.45, 7) is 0.0971. The standard InChI is InChI=1S/C22H19F3N2O3S/c1-30-17-8-4-14(5-9-17)20-26-18(12-31-20)21(29)27-11-16(28)10-19(27)13-2-6-15(7-3-13)22(23,24)25/h2-9,12,16,19,28H,10-11H2,1H3/t16-,19-/m1/s1. The van der Waals surface area contributed by atoms with Gasteiger partial charge in [0.2, 0.25) is 0 Å². The lowest BCUT2D eigenvalue weighted by atomic mass is 10.0. The average Bonchev–Trinajstić information content (AvgIpc) is 3.40. The number of carbonyl (C=O) groups excluding carboxylic acids is 1. The van der Waals surface area contributed by atoms with Gasteiger partial charge >= 0.3 is 6.18 Å². The molecule has 9 heteroatoms. The molecule has 162 valence electrons. The van der Waals surface area contributed by atoms with Crippen LogP contribution in [0.2, 0.25) is 0 Å². The van der Waals surface area contributed by atoms with E-state index in [4.69, 9.17) is 4.74 Å². The number of aliphatic hydroxyl groups is 1. The lowest BCUT2D eigenvalue weighted by Crippen LogP contribution is -2.32. The molecule has 1 aliphatic heterocycles. The Hall–Kier alpha value is -2.91. The van der Waals surface area contributed by atoms with Crippen LogP contribution in [0.15, 0.2) is 53.9 Å². The van der Waals surface area contributed by atoms with Crippen molar-refractivity contribution in [2.75, 3.05) is 13.7 Å². The third-order valence-electron chi connectivity index (χ3n) is 5.22. The van der Waals surface area contributed by atoms with E-state index in [2.05, 4.69) is 4.98 Å². The van der Waals surface area contributed by atoms with Crippen LogP contribution in [-0.4, -0.2) is 40.7 Å². The first kappa shape index (κ1) is 21.3. The number of hydrogen-bond acceptors (Lipinski definition) is 5. The Morgan fingerprint density at radius 2 is 1.84 bits per heavy atom. The molecular weight excluding hydrogens is 429 g/mol. The molecule has 3 aromatic rings. The molecule has 0 spiro atoms. The highest BCUT2D eigenvalue weighted by Crippen LogP contribution is 2.36. The monoisotopic (exact) mass is 448 g/mol. The Balaban J connectivity index is 1.56. The Kier molecular flexibility index (Phi) is 5.72. The molecule has 0 unspecified atom stereocenters. The fraction of sp³-hybridized carbons (Fsp3) is 0.273. The molecule has 1 aromatic heterocycles. The number of benzene rings is 2. The number of likely N-dealkylation sites (tertiary alicyclic amines) is 1. The zero-order valence-electron chi connectivity index (χ0n) is 16.5. The maximum absolute atomic E-state index is 13.1. The molecule has 1 N–H and O–H groups in total. The summed E-state index contributed by atoms with van der Waals surface area (Å²) in [4.78, 5) is 19.0. The van der Waals surface area contributed by atoms with Crippen LogP contribution in [0.1, 0.15) is 34.1 Å². The van der Waals surface area contributed by atoms with Crippen molar-refractivity contribution >= 4 is 17.2 Å². The number of methoxy groups -OCH3 is 1. The largest absolute Gasteiger partial charge is 0.497 e. The zero-order chi connectivity index (χ0) is 22.2. The number of thiazole rings is 1. The summed E-state index contributed by atoms with van der Waals surface area (Å²) in [6.07, 6.45) is -4.93. The number of carbonyl (C=O) groups is 1. The second-order valence-electron chi connectivity index (χ2n) is 7.25. The highest BCUT2D eigenvalue weighted by atomic mass is 32.1. The van der Waals surface area contributed by atoms with Gasteiger partial charge in [-0.15, -0.1) is 11.3 Å². The van der Waals surface area contributed by atoms with E-state index >= 15 is 0 Å². The summed E-state index contributed by atoms with van der Waals surface area (Å²) in [7, 11) is 1.58. The predicted molar refractivity (Wildman–Crippen MR) is 110 cm³/mol. The van der Waals surface area contributed by atoms with Gasteiger partial charge in [0, 0.05) is 17.5 Å². The van der Waals surface area contributed by atoms with E-state index in [9.17, 15) is 23.1 Å². The van der Waals surface area contributed by atoms with E-state index in [-0.39, 0.29) is 24.6 Å². The number of halogens is 3. The van der Waals surface area contributed by atoms with Crippen LogP contribution in [0.3, 0.4) is 0 Å². The van der Waals surface area contributed by atoms with Crippen molar-refractivity contribution in [3.8, 4) is 16.3 Å². The Morgan fingerprint density at radius 3 is 2.45 bits per heavy atom. The molecule has 5 nitrogen and oxygen atoms in total. The quantitative estimate of drug-likeness (QED) is 0.624. The van der Waals surface area contributed by atoms with E-state index in [1.807, 2.05) is 12.1 Å². The number of rotatable bonds is 4. The molecule has 1 fully saturated rings. The van der Waals surface area contributed by atoms with Gasteiger partial charge in [0.15, 0.2) is 0 Å². The molecule has 2 aromatic carbocycles. The van der Waals surface area contributed by atoms with Gasteiger partial charge in [0.25, 0.3) is 5.91 Å². The molecule has 1 saturated heterocycles. The predicted octanol–water partition coefficient (Wildman–Crippen LogP) is 4.79. The van der Waals surface area contributed by atoms with Gasteiger partial charge in [-0.2, -0.15) is 13.2 Å². The Morgan fingerprint density at radius 1 is 1.16 bits per heavy atom. The van der Waals surface area contributed by atoms with E-state index in [1.165, 1.54) is 28.4 Å². The maximum Gasteiger partial charge on any atom is 0.416 e. The zero-order valence-corrected chi connectivity index (χ0v) is 17.3. The fourth-order valence-corrected chi connectivity index (χ4v) is 4.43. The molecule has 1 amide bonds. The molecule has 2 atom stereocenters. The molecule has 4 rings (SSSR count). The average molecular weight is 448 g/mol. The number of hydrogen-bond donors (Lipinski definition) is 1. The van der Waals surface area contributed by atoms with Crippen LogP contribution in [0, 0.1) is 0 Å². The van der Waals surface area contributed by atoms with Gasteiger partial charge in [-0.25, -0.2) is 4.98 Å². The molecule has 0 saturated carbocycles.